The highest BCUT2D eigenvalue weighted by Crippen LogP contribution is 1.95. The Morgan fingerprint density at radius 3 is 2.73 bits per heavy atom. The predicted molar refractivity (Wildman–Crippen MR) is 53.2 cm³/mol. The molecule has 0 aliphatic rings. The molecule has 1 aromatic rings. The van der Waals surface area contributed by atoms with Gasteiger partial charge in [0.15, 0.2) is 0 Å². The summed E-state index contributed by atoms with van der Waals surface area (Å²) in [6, 6.07) is 4.30. The molecule has 5 nitrogen and oxygen atoms in total. The number of nitrogens with one attached hydrogen (secondary N) is 1. The van der Waals surface area contributed by atoms with Crippen molar-refractivity contribution in [3.63, 3.8) is 0 Å². The van der Waals surface area contributed by atoms with E-state index in [2.05, 4.69) is 15.0 Å². The van der Waals surface area contributed by atoms with Crippen molar-refractivity contribution in [1.29, 1.82) is 0 Å². The lowest BCUT2D eigenvalue weighted by Gasteiger charge is -2.10. The second kappa shape index (κ2) is 5.09. The summed E-state index contributed by atoms with van der Waals surface area (Å²) in [5.74, 6) is -0.882. The van der Waals surface area contributed by atoms with Gasteiger partial charge in [-0.3, -0.25) is 9.78 Å². The summed E-state index contributed by atoms with van der Waals surface area (Å²) < 4.78 is 4.47. The van der Waals surface area contributed by atoms with Gasteiger partial charge in [-0.2, -0.15) is 0 Å². The van der Waals surface area contributed by atoms with Crippen LogP contribution in [-0.4, -0.2) is 30.0 Å². The molecule has 0 bridgehead atoms. The number of hydrogen-bond acceptors (Lipinski definition) is 4. The Bertz CT molecular complexity index is 351. The monoisotopic (exact) mass is 208 g/mol. The molecule has 1 rings (SSSR count). The molecule has 0 aliphatic carbocycles. The second-order valence-electron chi connectivity index (χ2n) is 2.93. The maximum Gasteiger partial charge on any atom is 0.328 e. The Morgan fingerprint density at radius 1 is 1.47 bits per heavy atom. The van der Waals surface area contributed by atoms with Crippen molar-refractivity contribution in [1.82, 2.24) is 10.3 Å². The summed E-state index contributed by atoms with van der Waals surface area (Å²) in [6.07, 6.45) is 1.51. The summed E-state index contributed by atoms with van der Waals surface area (Å²) in [5, 5.41) is 2.47. The smallest absolute Gasteiger partial charge is 0.328 e. The fourth-order valence-corrected chi connectivity index (χ4v) is 1.00. The number of amides is 1. The summed E-state index contributed by atoms with van der Waals surface area (Å²) in [4.78, 5) is 26.4. The first-order valence-electron chi connectivity index (χ1n) is 4.45. The maximum absolute atomic E-state index is 11.5. The minimum atomic E-state index is -0.676. The normalized spacial score (nSPS) is 11.6. The molecule has 0 aromatic carbocycles. The molecule has 1 N–H and O–H groups in total. The Labute approximate surface area is 87.5 Å². The summed E-state index contributed by atoms with van der Waals surface area (Å²) in [5.41, 5.74) is 0.272. The van der Waals surface area contributed by atoms with Crippen LogP contribution in [0.5, 0.6) is 0 Å². The number of methoxy groups -OCH3 is 1. The van der Waals surface area contributed by atoms with Crippen molar-refractivity contribution < 1.29 is 14.3 Å². The zero-order chi connectivity index (χ0) is 11.3. The fraction of sp³-hybridized carbons (Fsp3) is 0.300. The number of ether oxygens (including phenoxy) is 1. The van der Waals surface area contributed by atoms with Crippen LogP contribution in [0.25, 0.3) is 0 Å². The van der Waals surface area contributed by atoms with Gasteiger partial charge in [-0.1, -0.05) is 6.07 Å². The quantitative estimate of drug-likeness (QED) is 0.729. The number of rotatable bonds is 3. The van der Waals surface area contributed by atoms with E-state index < -0.39 is 17.9 Å². The molecule has 0 spiro atoms. The van der Waals surface area contributed by atoms with E-state index >= 15 is 0 Å². The van der Waals surface area contributed by atoms with Gasteiger partial charge in [0, 0.05) is 6.20 Å². The van der Waals surface area contributed by atoms with Crippen molar-refractivity contribution in [2.24, 2.45) is 0 Å². The molecule has 0 unspecified atom stereocenters. The van der Waals surface area contributed by atoms with E-state index in [1.165, 1.54) is 13.3 Å². The minimum Gasteiger partial charge on any atom is -0.467 e. The maximum atomic E-state index is 11.5. The summed E-state index contributed by atoms with van der Waals surface area (Å²) in [7, 11) is 1.27. The number of hydrogen-bond donors (Lipinski definition) is 1. The Hall–Kier alpha value is -1.91. The van der Waals surface area contributed by atoms with Gasteiger partial charge in [-0.25, -0.2) is 4.79 Å². The molecule has 5 heteroatoms. The highest BCUT2D eigenvalue weighted by Gasteiger charge is 2.16. The molecule has 0 aliphatic heterocycles. The van der Waals surface area contributed by atoms with Gasteiger partial charge in [0.05, 0.1) is 7.11 Å². The van der Waals surface area contributed by atoms with E-state index in [-0.39, 0.29) is 5.69 Å². The van der Waals surface area contributed by atoms with E-state index in [4.69, 9.17) is 0 Å². The van der Waals surface area contributed by atoms with Crippen LogP contribution in [0.4, 0.5) is 0 Å². The van der Waals surface area contributed by atoms with E-state index in [0.29, 0.717) is 0 Å². The number of aromatic nitrogens is 1. The Kier molecular flexibility index (Phi) is 3.79. The molecule has 1 atom stereocenters. The first kappa shape index (κ1) is 11.2. The number of nitrogens with zero attached hydrogens (tertiary/aromatic N) is 1. The van der Waals surface area contributed by atoms with Crippen LogP contribution in [0, 0.1) is 0 Å². The molecule has 1 aromatic heterocycles. The zero-order valence-electron chi connectivity index (χ0n) is 8.56. The van der Waals surface area contributed by atoms with E-state index in [1.807, 2.05) is 0 Å². The van der Waals surface area contributed by atoms with Gasteiger partial charge >= 0.3 is 5.97 Å². The molecule has 80 valence electrons. The largest absolute Gasteiger partial charge is 0.467 e. The van der Waals surface area contributed by atoms with E-state index in [1.54, 1.807) is 25.1 Å². The standard InChI is InChI=1S/C10H12N2O3/c1-7(10(14)15-2)12-9(13)8-5-3-4-6-11-8/h3-7H,1-2H3,(H,12,13)/t7-/m0/s1. The van der Waals surface area contributed by atoms with Crippen LogP contribution < -0.4 is 5.32 Å². The van der Waals surface area contributed by atoms with Crippen LogP contribution in [0.2, 0.25) is 0 Å². The third kappa shape index (κ3) is 3.05. The zero-order valence-corrected chi connectivity index (χ0v) is 8.56. The van der Waals surface area contributed by atoms with Crippen molar-refractivity contribution in [3.8, 4) is 0 Å². The Balaban J connectivity index is 2.61. The number of pyridine rings is 1. The van der Waals surface area contributed by atoms with Gasteiger partial charge in [-0.15, -0.1) is 0 Å². The van der Waals surface area contributed by atoms with Crippen LogP contribution in [0.15, 0.2) is 24.4 Å². The van der Waals surface area contributed by atoms with Gasteiger partial charge in [0.2, 0.25) is 0 Å². The van der Waals surface area contributed by atoms with Gasteiger partial charge in [0.1, 0.15) is 11.7 Å². The molecule has 15 heavy (non-hydrogen) atoms. The number of carbonyl (C=O) groups excluding carboxylic acids is 2. The van der Waals surface area contributed by atoms with Crippen LogP contribution in [-0.2, 0) is 9.53 Å². The lowest BCUT2D eigenvalue weighted by Crippen LogP contribution is -2.39. The highest BCUT2D eigenvalue weighted by atomic mass is 16.5. The van der Waals surface area contributed by atoms with Crippen molar-refractivity contribution in [2.75, 3.05) is 7.11 Å². The molecule has 1 amide bonds. The molecule has 0 saturated carbocycles. The fourth-order valence-electron chi connectivity index (χ4n) is 1.00. The molecule has 0 fully saturated rings. The molecular weight excluding hydrogens is 196 g/mol. The first-order valence-corrected chi connectivity index (χ1v) is 4.45. The van der Waals surface area contributed by atoms with Crippen molar-refractivity contribution in [2.45, 2.75) is 13.0 Å². The van der Waals surface area contributed by atoms with Crippen molar-refractivity contribution in [3.05, 3.63) is 30.1 Å². The van der Waals surface area contributed by atoms with Gasteiger partial charge in [0.25, 0.3) is 5.91 Å². The van der Waals surface area contributed by atoms with E-state index in [9.17, 15) is 9.59 Å². The number of esters is 1. The third-order valence-electron chi connectivity index (χ3n) is 1.80. The topological polar surface area (TPSA) is 68.3 Å². The average molecular weight is 208 g/mol. The molecule has 1 heterocycles. The molecule has 0 saturated heterocycles. The van der Waals surface area contributed by atoms with Crippen LogP contribution >= 0.6 is 0 Å². The average Bonchev–Trinajstić information content (AvgIpc) is 2.29. The first-order chi connectivity index (χ1) is 7.15. The van der Waals surface area contributed by atoms with Gasteiger partial charge in [-0.05, 0) is 19.1 Å². The molecular formula is C10H12N2O3. The SMILES string of the molecule is COC(=O)[C@H](C)NC(=O)c1ccccn1. The van der Waals surface area contributed by atoms with Gasteiger partial charge < -0.3 is 10.1 Å². The van der Waals surface area contributed by atoms with Crippen molar-refractivity contribution >= 4 is 11.9 Å². The lowest BCUT2D eigenvalue weighted by atomic mass is 10.3. The Morgan fingerprint density at radius 2 is 2.20 bits per heavy atom. The number of carbonyl (C=O) groups is 2. The second-order valence-corrected chi connectivity index (χ2v) is 2.93. The lowest BCUT2D eigenvalue weighted by molar-refractivity contribution is -0.142. The predicted octanol–water partition coefficient (Wildman–Crippen LogP) is 0.373. The molecule has 0 radical (unpaired) electrons. The van der Waals surface area contributed by atoms with E-state index in [0.717, 1.165) is 0 Å². The van der Waals surface area contributed by atoms with Crippen LogP contribution in [0.1, 0.15) is 17.4 Å². The third-order valence-corrected chi connectivity index (χ3v) is 1.80. The summed E-state index contributed by atoms with van der Waals surface area (Å²) >= 11 is 0. The highest BCUT2D eigenvalue weighted by molar-refractivity contribution is 5.94. The minimum absolute atomic E-state index is 0.272. The van der Waals surface area contributed by atoms with Crippen LogP contribution in [0.3, 0.4) is 0 Å². The summed E-state index contributed by atoms with van der Waals surface area (Å²) in [6.45, 7) is 1.55.